The number of halogens is 1. The van der Waals surface area contributed by atoms with E-state index in [-0.39, 0.29) is 17.1 Å². The van der Waals surface area contributed by atoms with Crippen molar-refractivity contribution >= 4 is 5.97 Å². The van der Waals surface area contributed by atoms with Crippen molar-refractivity contribution in [3.05, 3.63) is 77.1 Å². The Morgan fingerprint density at radius 1 is 0.966 bits per heavy atom. The van der Waals surface area contributed by atoms with Crippen molar-refractivity contribution in [1.82, 2.24) is 0 Å². The summed E-state index contributed by atoms with van der Waals surface area (Å²) in [4.78, 5) is 11.6. The van der Waals surface area contributed by atoms with Gasteiger partial charge in [0.2, 0.25) is 0 Å². The minimum absolute atomic E-state index is 0.0365. The van der Waals surface area contributed by atoms with E-state index in [0.29, 0.717) is 12.4 Å². The number of carboxylic acid groups (broad SMARTS) is 1. The first-order valence-corrected chi connectivity index (χ1v) is 9.44. The second-order valence-electron chi connectivity index (χ2n) is 6.86. The fraction of sp³-hybridized carbons (Fsp3) is 0.208. The van der Waals surface area contributed by atoms with Crippen LogP contribution in [0.25, 0.3) is 11.1 Å². The molecule has 0 aliphatic rings. The summed E-state index contributed by atoms with van der Waals surface area (Å²) in [7, 11) is 0. The minimum Gasteiger partial charge on any atom is -0.493 e. The summed E-state index contributed by atoms with van der Waals surface area (Å²) >= 11 is 0. The first kappa shape index (κ1) is 20.4. The van der Waals surface area contributed by atoms with Gasteiger partial charge in [0.1, 0.15) is 28.6 Å². The molecule has 0 aliphatic carbocycles. The molecule has 0 saturated carbocycles. The maximum atomic E-state index is 13.1. The second kappa shape index (κ2) is 8.78. The predicted octanol–water partition coefficient (Wildman–Crippen LogP) is 6.39. The van der Waals surface area contributed by atoms with Crippen molar-refractivity contribution in [2.75, 3.05) is 6.61 Å². The van der Waals surface area contributed by atoms with E-state index in [2.05, 4.69) is 6.92 Å². The number of aryl methyl sites for hydroxylation is 2. The van der Waals surface area contributed by atoms with Crippen LogP contribution in [-0.4, -0.2) is 17.7 Å². The summed E-state index contributed by atoms with van der Waals surface area (Å²) in [6, 6.07) is 14.4. The number of carbonyl (C=O) groups is 1. The molecule has 0 atom stereocenters. The Morgan fingerprint density at radius 3 is 2.21 bits per heavy atom. The van der Waals surface area contributed by atoms with Gasteiger partial charge < -0.3 is 14.6 Å². The highest BCUT2D eigenvalue weighted by Crippen LogP contribution is 2.34. The largest absolute Gasteiger partial charge is 0.493 e. The van der Waals surface area contributed by atoms with Crippen LogP contribution in [-0.2, 0) is 0 Å². The van der Waals surface area contributed by atoms with Crippen molar-refractivity contribution in [2.24, 2.45) is 0 Å². The molecule has 29 heavy (non-hydrogen) atoms. The van der Waals surface area contributed by atoms with Crippen LogP contribution in [0.1, 0.15) is 34.8 Å². The third-order valence-electron chi connectivity index (χ3n) is 4.50. The van der Waals surface area contributed by atoms with Gasteiger partial charge in [0.25, 0.3) is 0 Å². The smallest absolute Gasteiger partial charge is 0.339 e. The highest BCUT2D eigenvalue weighted by atomic mass is 19.1. The average molecular weight is 394 g/mol. The fourth-order valence-electron chi connectivity index (χ4n) is 3.14. The molecule has 5 heteroatoms. The van der Waals surface area contributed by atoms with Gasteiger partial charge >= 0.3 is 5.97 Å². The summed E-state index contributed by atoms with van der Waals surface area (Å²) in [5, 5.41) is 9.50. The van der Waals surface area contributed by atoms with Crippen molar-refractivity contribution in [1.29, 1.82) is 0 Å². The number of hydrogen-bond donors (Lipinski definition) is 1. The van der Waals surface area contributed by atoms with Gasteiger partial charge in [0.05, 0.1) is 6.61 Å². The highest BCUT2D eigenvalue weighted by molar-refractivity contribution is 5.92. The molecule has 3 aromatic rings. The first-order valence-electron chi connectivity index (χ1n) is 9.44. The van der Waals surface area contributed by atoms with Gasteiger partial charge in [-0.3, -0.25) is 0 Å². The standard InChI is InChI=1S/C24H23FO4/c1-4-11-28-23-15(2)12-18(13-16(23)3)17-5-10-21(24(26)27)22(14-17)29-20-8-6-19(25)7-9-20/h5-10,12-14H,4,11H2,1-3H3,(H,26,27). The predicted molar refractivity (Wildman–Crippen MR) is 111 cm³/mol. The summed E-state index contributed by atoms with van der Waals surface area (Å²) in [6.45, 7) is 6.70. The molecule has 1 N–H and O–H groups in total. The molecule has 0 heterocycles. The van der Waals surface area contributed by atoms with E-state index >= 15 is 0 Å². The van der Waals surface area contributed by atoms with E-state index in [1.807, 2.05) is 26.0 Å². The van der Waals surface area contributed by atoms with E-state index in [4.69, 9.17) is 9.47 Å². The van der Waals surface area contributed by atoms with Crippen molar-refractivity contribution < 1.29 is 23.8 Å². The molecular weight excluding hydrogens is 371 g/mol. The molecule has 0 fully saturated rings. The Labute approximate surface area is 169 Å². The van der Waals surface area contributed by atoms with Gasteiger partial charge in [0, 0.05) is 0 Å². The van der Waals surface area contributed by atoms with E-state index in [0.717, 1.165) is 34.4 Å². The number of hydrogen-bond acceptors (Lipinski definition) is 3. The molecule has 0 amide bonds. The first-order chi connectivity index (χ1) is 13.9. The SMILES string of the molecule is CCCOc1c(C)cc(-c2ccc(C(=O)O)c(Oc3ccc(F)cc3)c2)cc1C. The summed E-state index contributed by atoms with van der Waals surface area (Å²) < 4.78 is 24.7. The zero-order valence-electron chi connectivity index (χ0n) is 16.7. The lowest BCUT2D eigenvalue weighted by molar-refractivity contribution is 0.0694. The lowest BCUT2D eigenvalue weighted by Crippen LogP contribution is -2.01. The minimum atomic E-state index is -1.09. The summed E-state index contributed by atoms with van der Waals surface area (Å²) in [6.07, 6.45) is 0.932. The van der Waals surface area contributed by atoms with Crippen LogP contribution >= 0.6 is 0 Å². The third kappa shape index (κ3) is 4.74. The molecule has 0 spiro atoms. The second-order valence-corrected chi connectivity index (χ2v) is 6.86. The van der Waals surface area contributed by atoms with Gasteiger partial charge in [-0.25, -0.2) is 9.18 Å². The van der Waals surface area contributed by atoms with Gasteiger partial charge in [0.15, 0.2) is 0 Å². The van der Waals surface area contributed by atoms with Gasteiger partial charge in [-0.15, -0.1) is 0 Å². The van der Waals surface area contributed by atoms with Crippen LogP contribution in [0.5, 0.6) is 17.2 Å². The molecule has 3 aromatic carbocycles. The van der Waals surface area contributed by atoms with Gasteiger partial charge in [-0.05, 0) is 91.1 Å². The van der Waals surface area contributed by atoms with E-state index < -0.39 is 5.97 Å². The number of aromatic carboxylic acids is 1. The molecular formula is C24H23FO4. The van der Waals surface area contributed by atoms with Crippen LogP contribution in [0.2, 0.25) is 0 Å². The average Bonchev–Trinajstić information content (AvgIpc) is 2.69. The van der Waals surface area contributed by atoms with E-state index in [1.165, 1.54) is 30.3 Å². The van der Waals surface area contributed by atoms with Gasteiger partial charge in [-0.1, -0.05) is 13.0 Å². The Balaban J connectivity index is 2.00. The molecule has 150 valence electrons. The lowest BCUT2D eigenvalue weighted by Gasteiger charge is -2.15. The summed E-state index contributed by atoms with van der Waals surface area (Å²) in [5.41, 5.74) is 3.81. The number of rotatable bonds is 7. The molecule has 0 radical (unpaired) electrons. The van der Waals surface area contributed by atoms with Crippen molar-refractivity contribution in [2.45, 2.75) is 27.2 Å². The Morgan fingerprint density at radius 2 is 1.62 bits per heavy atom. The summed E-state index contributed by atoms with van der Waals surface area (Å²) in [5.74, 6) is -0.0456. The maximum Gasteiger partial charge on any atom is 0.339 e. The molecule has 4 nitrogen and oxygen atoms in total. The van der Waals surface area contributed by atoms with Crippen LogP contribution in [0.15, 0.2) is 54.6 Å². The van der Waals surface area contributed by atoms with Crippen LogP contribution in [0, 0.1) is 19.7 Å². The quantitative estimate of drug-likeness (QED) is 0.504. The zero-order chi connectivity index (χ0) is 21.0. The van der Waals surface area contributed by atoms with Crippen LogP contribution < -0.4 is 9.47 Å². The maximum absolute atomic E-state index is 13.1. The molecule has 0 unspecified atom stereocenters. The molecule has 0 bridgehead atoms. The lowest BCUT2D eigenvalue weighted by atomic mass is 9.98. The van der Waals surface area contributed by atoms with Crippen LogP contribution in [0.3, 0.4) is 0 Å². The van der Waals surface area contributed by atoms with Crippen molar-refractivity contribution in [3.8, 4) is 28.4 Å². The molecule has 3 rings (SSSR count). The Hall–Kier alpha value is -3.34. The molecule has 0 aliphatic heterocycles. The number of ether oxygens (including phenoxy) is 2. The topological polar surface area (TPSA) is 55.8 Å². The normalized spacial score (nSPS) is 10.6. The monoisotopic (exact) mass is 394 g/mol. The molecule has 0 aromatic heterocycles. The Bertz CT molecular complexity index is 1000. The van der Waals surface area contributed by atoms with Crippen LogP contribution in [0.4, 0.5) is 4.39 Å². The van der Waals surface area contributed by atoms with Crippen molar-refractivity contribution in [3.63, 3.8) is 0 Å². The van der Waals surface area contributed by atoms with Gasteiger partial charge in [-0.2, -0.15) is 0 Å². The Kier molecular flexibility index (Phi) is 6.17. The van der Waals surface area contributed by atoms with E-state index in [9.17, 15) is 14.3 Å². The molecule has 0 saturated heterocycles. The van der Waals surface area contributed by atoms with E-state index in [1.54, 1.807) is 12.1 Å². The highest BCUT2D eigenvalue weighted by Gasteiger charge is 2.15. The number of carboxylic acids is 1. The number of benzene rings is 3. The fourth-order valence-corrected chi connectivity index (χ4v) is 3.14. The third-order valence-corrected chi connectivity index (χ3v) is 4.50. The zero-order valence-corrected chi connectivity index (χ0v) is 16.7.